The Balaban J connectivity index is 1.44. The average molecular weight is 408 g/mol. The van der Waals surface area contributed by atoms with Gasteiger partial charge in [0.15, 0.2) is 0 Å². The minimum Gasteiger partial charge on any atom is -0.411 e. The topological polar surface area (TPSA) is 59.2 Å². The maximum absolute atomic E-state index is 12.9. The first-order valence-electron chi connectivity index (χ1n) is 9.83. The molecule has 29 heavy (non-hydrogen) atoms. The number of hydrogen-bond donors (Lipinski definition) is 0. The highest BCUT2D eigenvalue weighted by Crippen LogP contribution is 2.32. The van der Waals surface area contributed by atoms with E-state index in [4.69, 9.17) is 4.42 Å². The molecule has 0 spiro atoms. The smallest absolute Gasteiger partial charge is 0.277 e. The highest BCUT2D eigenvalue weighted by atomic mass is 32.2. The molecule has 0 saturated heterocycles. The average Bonchev–Trinajstić information content (AvgIpc) is 3.34. The van der Waals surface area contributed by atoms with E-state index in [1.165, 1.54) is 22.9 Å². The minimum absolute atomic E-state index is 0.0641. The molecular weight excluding hydrogens is 382 g/mol. The Hall–Kier alpha value is -2.60. The van der Waals surface area contributed by atoms with E-state index < -0.39 is 0 Å². The molecule has 0 bridgehead atoms. The number of para-hydroxylation sites is 1. The van der Waals surface area contributed by atoms with Crippen molar-refractivity contribution in [3.63, 3.8) is 0 Å². The zero-order valence-corrected chi connectivity index (χ0v) is 18.0. The van der Waals surface area contributed by atoms with Crippen LogP contribution in [0.3, 0.4) is 0 Å². The van der Waals surface area contributed by atoms with Gasteiger partial charge in [0.1, 0.15) is 0 Å². The van der Waals surface area contributed by atoms with Crippen molar-refractivity contribution in [1.82, 2.24) is 10.2 Å². The third-order valence-electron chi connectivity index (χ3n) is 5.18. The predicted molar refractivity (Wildman–Crippen MR) is 116 cm³/mol. The maximum atomic E-state index is 12.9. The number of nitrogens with zero attached hydrogens (tertiary/aromatic N) is 3. The van der Waals surface area contributed by atoms with E-state index in [1.807, 2.05) is 42.2 Å². The van der Waals surface area contributed by atoms with Crippen LogP contribution in [0.15, 0.2) is 58.2 Å². The second-order valence-electron chi connectivity index (χ2n) is 8.33. The molecule has 1 aliphatic heterocycles. The zero-order valence-electron chi connectivity index (χ0n) is 17.2. The second-order valence-corrected chi connectivity index (χ2v) is 9.62. The number of hydrogen-bond acceptors (Lipinski definition) is 5. The highest BCUT2D eigenvalue weighted by molar-refractivity contribution is 8.00. The van der Waals surface area contributed by atoms with Gasteiger partial charge in [-0.1, -0.05) is 62.9 Å². The summed E-state index contributed by atoms with van der Waals surface area (Å²) in [4.78, 5) is 14.8. The van der Waals surface area contributed by atoms with E-state index >= 15 is 0 Å². The van der Waals surface area contributed by atoms with Crippen LogP contribution in [0.2, 0.25) is 0 Å². The summed E-state index contributed by atoms with van der Waals surface area (Å²) < 4.78 is 5.82. The van der Waals surface area contributed by atoms with E-state index in [1.54, 1.807) is 0 Å². The van der Waals surface area contributed by atoms with Crippen molar-refractivity contribution >= 4 is 23.4 Å². The van der Waals surface area contributed by atoms with Crippen LogP contribution in [0.5, 0.6) is 0 Å². The quantitative estimate of drug-likeness (QED) is 0.563. The summed E-state index contributed by atoms with van der Waals surface area (Å²) >= 11 is 1.30. The van der Waals surface area contributed by atoms with Crippen molar-refractivity contribution in [1.29, 1.82) is 0 Å². The molecule has 150 valence electrons. The van der Waals surface area contributed by atoms with Gasteiger partial charge in [0.05, 0.1) is 5.25 Å². The lowest BCUT2D eigenvalue weighted by atomic mass is 9.87. The molecule has 1 aliphatic rings. The minimum atomic E-state index is -0.308. The van der Waals surface area contributed by atoms with Gasteiger partial charge in [0.2, 0.25) is 11.8 Å². The Kier molecular flexibility index (Phi) is 5.21. The molecule has 0 unspecified atom stereocenters. The van der Waals surface area contributed by atoms with Gasteiger partial charge in [-0.15, -0.1) is 10.2 Å². The van der Waals surface area contributed by atoms with Gasteiger partial charge in [0.25, 0.3) is 5.22 Å². The van der Waals surface area contributed by atoms with Gasteiger partial charge < -0.3 is 9.32 Å². The summed E-state index contributed by atoms with van der Waals surface area (Å²) in [6.07, 6.45) is 0.897. The number of carbonyl (C=O) groups is 1. The molecule has 2 aromatic carbocycles. The van der Waals surface area contributed by atoms with Gasteiger partial charge in [-0.2, -0.15) is 0 Å². The van der Waals surface area contributed by atoms with Crippen LogP contribution in [0.1, 0.15) is 38.8 Å². The molecule has 6 heteroatoms. The van der Waals surface area contributed by atoms with Crippen molar-refractivity contribution in [3.05, 3.63) is 59.7 Å². The Bertz CT molecular complexity index is 1020. The fourth-order valence-corrected chi connectivity index (χ4v) is 4.22. The first-order chi connectivity index (χ1) is 13.8. The van der Waals surface area contributed by atoms with Crippen molar-refractivity contribution in [2.75, 3.05) is 11.4 Å². The van der Waals surface area contributed by atoms with E-state index in [2.05, 4.69) is 49.2 Å². The number of thioether (sulfide) groups is 1. The van der Waals surface area contributed by atoms with Crippen LogP contribution in [-0.4, -0.2) is 27.9 Å². The lowest BCUT2D eigenvalue weighted by Crippen LogP contribution is -2.35. The molecule has 1 atom stereocenters. The van der Waals surface area contributed by atoms with Gasteiger partial charge >= 0.3 is 0 Å². The Morgan fingerprint density at radius 1 is 1.10 bits per heavy atom. The van der Waals surface area contributed by atoms with Crippen molar-refractivity contribution in [2.45, 2.75) is 50.0 Å². The number of fused-ring (bicyclic) bond motifs is 1. The molecule has 1 aromatic heterocycles. The summed E-state index contributed by atoms with van der Waals surface area (Å²) in [6.45, 7) is 9.15. The third-order valence-corrected chi connectivity index (χ3v) is 6.10. The molecule has 0 saturated carbocycles. The van der Waals surface area contributed by atoms with Crippen LogP contribution in [0.25, 0.3) is 11.5 Å². The predicted octanol–water partition coefficient (Wildman–Crippen LogP) is 5.10. The third kappa shape index (κ3) is 4.08. The number of carbonyl (C=O) groups excluding carboxylic acids is 1. The Morgan fingerprint density at radius 2 is 1.83 bits per heavy atom. The number of rotatable bonds is 4. The number of benzene rings is 2. The van der Waals surface area contributed by atoms with Crippen LogP contribution in [-0.2, 0) is 16.6 Å². The molecule has 1 amide bonds. The summed E-state index contributed by atoms with van der Waals surface area (Å²) in [6, 6.07) is 16.2. The van der Waals surface area contributed by atoms with Gasteiger partial charge in [-0.25, -0.2) is 0 Å². The van der Waals surface area contributed by atoms with Crippen molar-refractivity contribution < 1.29 is 9.21 Å². The monoisotopic (exact) mass is 407 g/mol. The standard InChI is InChI=1S/C23H25N3O2S/c1-15(21(27)26-14-13-16-7-5-6-8-19(16)26)29-22-25-24-20(28-22)17-9-11-18(12-10-17)23(2,3)4/h5-12,15H,13-14H2,1-4H3/t15-/m0/s1. The second kappa shape index (κ2) is 7.67. The number of aromatic nitrogens is 2. The molecule has 0 radical (unpaired) electrons. The van der Waals surface area contributed by atoms with Crippen LogP contribution >= 0.6 is 11.8 Å². The zero-order chi connectivity index (χ0) is 20.6. The van der Waals surface area contributed by atoms with E-state index in [-0.39, 0.29) is 16.6 Å². The van der Waals surface area contributed by atoms with Crippen LogP contribution in [0.4, 0.5) is 5.69 Å². The normalized spacial score (nSPS) is 14.7. The molecule has 2 heterocycles. The van der Waals surface area contributed by atoms with Crippen molar-refractivity contribution in [2.24, 2.45) is 0 Å². The lowest BCUT2D eigenvalue weighted by Gasteiger charge is -2.20. The van der Waals surface area contributed by atoms with Crippen molar-refractivity contribution in [3.8, 4) is 11.5 Å². The SMILES string of the molecule is C[C@H](Sc1nnc(-c2ccc(C(C)(C)C)cc2)o1)C(=O)N1CCc2ccccc21. The molecule has 0 N–H and O–H groups in total. The summed E-state index contributed by atoms with van der Waals surface area (Å²) in [5.41, 5.74) is 4.45. The molecule has 0 fully saturated rings. The molecular formula is C23H25N3O2S. The highest BCUT2D eigenvalue weighted by Gasteiger charge is 2.29. The van der Waals surface area contributed by atoms with Crippen LogP contribution in [0, 0.1) is 0 Å². The fourth-order valence-electron chi connectivity index (χ4n) is 3.48. The fraction of sp³-hybridized carbons (Fsp3) is 0.348. The molecule has 3 aromatic rings. The first-order valence-corrected chi connectivity index (χ1v) is 10.7. The molecule has 0 aliphatic carbocycles. The summed E-state index contributed by atoms with van der Waals surface area (Å²) in [7, 11) is 0. The summed E-state index contributed by atoms with van der Waals surface area (Å²) in [5, 5.41) is 8.40. The largest absolute Gasteiger partial charge is 0.411 e. The Morgan fingerprint density at radius 3 is 2.55 bits per heavy atom. The van der Waals surface area contributed by atoms with Gasteiger partial charge in [-0.05, 0) is 48.1 Å². The Labute approximate surface area is 175 Å². The summed E-state index contributed by atoms with van der Waals surface area (Å²) in [5.74, 6) is 0.536. The molecule has 4 rings (SSSR count). The lowest BCUT2D eigenvalue weighted by molar-refractivity contribution is -0.117. The molecule has 5 nitrogen and oxygen atoms in total. The number of amides is 1. The number of anilines is 1. The van der Waals surface area contributed by atoms with E-state index in [0.717, 1.165) is 24.2 Å². The van der Waals surface area contributed by atoms with Crippen LogP contribution < -0.4 is 4.90 Å². The van der Waals surface area contributed by atoms with E-state index in [0.29, 0.717) is 11.1 Å². The first kappa shape index (κ1) is 19.7. The van der Waals surface area contributed by atoms with Gasteiger partial charge in [-0.3, -0.25) is 4.79 Å². The maximum Gasteiger partial charge on any atom is 0.277 e. The van der Waals surface area contributed by atoms with Gasteiger partial charge in [0, 0.05) is 17.8 Å². The van der Waals surface area contributed by atoms with E-state index in [9.17, 15) is 4.79 Å².